The maximum Gasteiger partial charge on any atom is 0.232 e. The second-order valence-corrected chi connectivity index (χ2v) is 6.62. The van der Waals surface area contributed by atoms with E-state index in [-0.39, 0.29) is 17.7 Å². The van der Waals surface area contributed by atoms with Gasteiger partial charge in [-0.25, -0.2) is 0 Å². The van der Waals surface area contributed by atoms with Crippen molar-refractivity contribution in [2.24, 2.45) is 0 Å². The molecule has 0 saturated heterocycles. The lowest BCUT2D eigenvalue weighted by Crippen LogP contribution is -2.33. The van der Waals surface area contributed by atoms with Gasteiger partial charge < -0.3 is 11.1 Å². The number of nitrogens with two attached hydrogens (primary N) is 1. The van der Waals surface area contributed by atoms with Gasteiger partial charge in [-0.05, 0) is 47.5 Å². The average Bonchev–Trinajstić information content (AvgIpc) is 2.21. The highest BCUT2D eigenvalue weighted by atomic mass is 79.9. The zero-order chi connectivity index (χ0) is 13.7. The molecule has 0 spiro atoms. The largest absolute Gasteiger partial charge is 0.398 e. The van der Waals surface area contributed by atoms with E-state index < -0.39 is 10.8 Å². The summed E-state index contributed by atoms with van der Waals surface area (Å²) in [6.45, 7) is 3.74. The SMILES string of the molecule is CC(C)NC(=O)CS(=O)Cc1ccc(Br)c(N)c1. The fraction of sp³-hybridized carbons (Fsp3) is 0.417. The minimum absolute atomic E-state index is 0.0220. The van der Waals surface area contributed by atoms with Crippen LogP contribution in [0, 0.1) is 0 Å². The molecule has 1 amide bonds. The van der Waals surface area contributed by atoms with Gasteiger partial charge in [0.05, 0.1) is 0 Å². The number of hydrogen-bond acceptors (Lipinski definition) is 3. The standard InChI is InChI=1S/C12H17BrN2O2S/c1-8(2)15-12(16)7-18(17)6-9-3-4-10(13)11(14)5-9/h3-5,8H,6-7,14H2,1-2H3,(H,15,16). The number of nitrogens with one attached hydrogen (secondary N) is 1. The molecular weight excluding hydrogens is 316 g/mol. The molecule has 1 rings (SSSR count). The van der Waals surface area contributed by atoms with Crippen LogP contribution in [0.5, 0.6) is 0 Å². The molecule has 0 aliphatic heterocycles. The van der Waals surface area contributed by atoms with Crippen LogP contribution >= 0.6 is 15.9 Å². The number of carbonyl (C=O) groups is 1. The van der Waals surface area contributed by atoms with Gasteiger partial charge in [-0.15, -0.1) is 0 Å². The number of benzene rings is 1. The molecule has 100 valence electrons. The van der Waals surface area contributed by atoms with Gasteiger partial charge in [-0.2, -0.15) is 0 Å². The highest BCUT2D eigenvalue weighted by Crippen LogP contribution is 2.20. The van der Waals surface area contributed by atoms with E-state index in [1.165, 1.54) is 0 Å². The van der Waals surface area contributed by atoms with Crippen molar-refractivity contribution in [3.63, 3.8) is 0 Å². The lowest BCUT2D eigenvalue weighted by molar-refractivity contribution is -0.119. The lowest BCUT2D eigenvalue weighted by Gasteiger charge is -2.08. The van der Waals surface area contributed by atoms with Gasteiger partial charge in [0.1, 0.15) is 5.75 Å². The Morgan fingerprint density at radius 3 is 2.72 bits per heavy atom. The van der Waals surface area contributed by atoms with Crippen molar-refractivity contribution >= 4 is 38.3 Å². The summed E-state index contributed by atoms with van der Waals surface area (Å²) in [4.78, 5) is 11.4. The van der Waals surface area contributed by atoms with Crippen molar-refractivity contribution in [2.45, 2.75) is 25.6 Å². The molecule has 6 heteroatoms. The average molecular weight is 333 g/mol. The Kier molecular flexibility index (Phi) is 5.81. The number of hydrogen-bond donors (Lipinski definition) is 2. The zero-order valence-corrected chi connectivity index (χ0v) is 12.8. The normalized spacial score (nSPS) is 12.4. The molecule has 0 aliphatic rings. The minimum Gasteiger partial charge on any atom is -0.398 e. The van der Waals surface area contributed by atoms with Gasteiger partial charge in [-0.1, -0.05) is 6.07 Å². The zero-order valence-electron chi connectivity index (χ0n) is 10.4. The maximum absolute atomic E-state index is 11.8. The highest BCUT2D eigenvalue weighted by molar-refractivity contribution is 9.10. The third-order valence-corrected chi connectivity index (χ3v) is 4.09. The molecule has 0 radical (unpaired) electrons. The minimum atomic E-state index is -1.22. The first-order valence-corrected chi connectivity index (χ1v) is 7.85. The van der Waals surface area contributed by atoms with Crippen LogP contribution < -0.4 is 11.1 Å². The molecule has 0 aromatic heterocycles. The van der Waals surface area contributed by atoms with Crippen LogP contribution in [0.1, 0.15) is 19.4 Å². The topological polar surface area (TPSA) is 72.2 Å². The molecule has 0 fully saturated rings. The van der Waals surface area contributed by atoms with E-state index in [2.05, 4.69) is 21.2 Å². The lowest BCUT2D eigenvalue weighted by atomic mass is 10.2. The quantitative estimate of drug-likeness (QED) is 0.807. The molecule has 4 nitrogen and oxygen atoms in total. The molecule has 1 unspecified atom stereocenters. The summed E-state index contributed by atoms with van der Waals surface area (Å²) in [6.07, 6.45) is 0. The Hall–Kier alpha value is -0.880. The molecule has 1 atom stereocenters. The molecule has 0 heterocycles. The first-order valence-electron chi connectivity index (χ1n) is 5.56. The second-order valence-electron chi connectivity index (χ2n) is 4.31. The second kappa shape index (κ2) is 6.89. The number of anilines is 1. The molecular formula is C12H17BrN2O2S. The fourth-order valence-corrected chi connectivity index (χ4v) is 2.71. The molecule has 0 bridgehead atoms. The van der Waals surface area contributed by atoms with Gasteiger partial charge >= 0.3 is 0 Å². The molecule has 1 aromatic rings. The summed E-state index contributed by atoms with van der Waals surface area (Å²) in [6, 6.07) is 5.50. The van der Waals surface area contributed by atoms with Crippen LogP contribution in [-0.2, 0) is 21.3 Å². The number of amides is 1. The third-order valence-electron chi connectivity index (χ3n) is 2.13. The van der Waals surface area contributed by atoms with E-state index in [1.807, 2.05) is 26.0 Å². The maximum atomic E-state index is 11.8. The van der Waals surface area contributed by atoms with Gasteiger partial charge in [0.15, 0.2) is 0 Å². The Bertz CT molecular complexity index is 463. The van der Waals surface area contributed by atoms with Crippen LogP contribution in [0.4, 0.5) is 5.69 Å². The summed E-state index contributed by atoms with van der Waals surface area (Å²) in [5.41, 5.74) is 7.21. The monoisotopic (exact) mass is 332 g/mol. The fourth-order valence-electron chi connectivity index (χ4n) is 1.43. The number of carbonyl (C=O) groups excluding carboxylic acids is 1. The molecule has 1 aromatic carbocycles. The first-order chi connectivity index (χ1) is 8.38. The van der Waals surface area contributed by atoms with Crippen molar-refractivity contribution in [3.05, 3.63) is 28.2 Å². The van der Waals surface area contributed by atoms with Gasteiger partial charge in [0, 0.05) is 32.8 Å². The highest BCUT2D eigenvalue weighted by Gasteiger charge is 2.10. The number of nitrogen functional groups attached to an aromatic ring is 1. The number of rotatable bonds is 5. The van der Waals surface area contributed by atoms with Crippen molar-refractivity contribution in [1.82, 2.24) is 5.32 Å². The summed E-state index contributed by atoms with van der Waals surface area (Å²) in [7, 11) is -1.22. The summed E-state index contributed by atoms with van der Waals surface area (Å²) in [5, 5.41) is 2.72. The van der Waals surface area contributed by atoms with E-state index in [0.717, 1.165) is 10.0 Å². The van der Waals surface area contributed by atoms with Crippen LogP contribution in [0.25, 0.3) is 0 Å². The van der Waals surface area contributed by atoms with Crippen LogP contribution in [0.15, 0.2) is 22.7 Å². The van der Waals surface area contributed by atoms with Crippen molar-refractivity contribution in [2.75, 3.05) is 11.5 Å². The van der Waals surface area contributed by atoms with Gasteiger partial charge in [0.2, 0.25) is 5.91 Å². The predicted octanol–water partition coefficient (Wildman–Crippen LogP) is 1.80. The van der Waals surface area contributed by atoms with Crippen molar-refractivity contribution in [3.8, 4) is 0 Å². The third kappa shape index (κ3) is 5.18. The Morgan fingerprint density at radius 1 is 1.50 bits per heavy atom. The van der Waals surface area contributed by atoms with E-state index in [9.17, 15) is 9.00 Å². The van der Waals surface area contributed by atoms with Gasteiger partial charge in [0.25, 0.3) is 0 Å². The van der Waals surface area contributed by atoms with E-state index in [0.29, 0.717) is 11.4 Å². The van der Waals surface area contributed by atoms with Crippen LogP contribution in [-0.4, -0.2) is 21.9 Å². The summed E-state index contributed by atoms with van der Waals surface area (Å²) < 4.78 is 12.6. The molecule has 3 N–H and O–H groups in total. The van der Waals surface area contributed by atoms with E-state index in [1.54, 1.807) is 6.07 Å². The first kappa shape index (κ1) is 15.2. The summed E-state index contributed by atoms with van der Waals surface area (Å²) >= 11 is 3.30. The Balaban J connectivity index is 2.54. The molecule has 0 aliphatic carbocycles. The van der Waals surface area contributed by atoms with E-state index in [4.69, 9.17) is 5.73 Å². The van der Waals surface area contributed by atoms with Crippen molar-refractivity contribution in [1.29, 1.82) is 0 Å². The Labute approximate surface area is 118 Å². The molecule has 0 saturated carbocycles. The summed E-state index contributed by atoms with van der Waals surface area (Å²) in [5.74, 6) is 0.172. The smallest absolute Gasteiger partial charge is 0.232 e. The van der Waals surface area contributed by atoms with E-state index >= 15 is 0 Å². The number of halogens is 1. The Morgan fingerprint density at radius 2 is 2.17 bits per heavy atom. The van der Waals surface area contributed by atoms with Crippen LogP contribution in [0.3, 0.4) is 0 Å². The van der Waals surface area contributed by atoms with Crippen molar-refractivity contribution < 1.29 is 9.00 Å². The molecule has 18 heavy (non-hydrogen) atoms. The van der Waals surface area contributed by atoms with Gasteiger partial charge in [-0.3, -0.25) is 9.00 Å². The predicted molar refractivity (Wildman–Crippen MR) is 78.5 cm³/mol. The van der Waals surface area contributed by atoms with Crippen LogP contribution in [0.2, 0.25) is 0 Å².